The first-order valence-corrected chi connectivity index (χ1v) is 7.61. The zero-order valence-corrected chi connectivity index (χ0v) is 12.3. The average Bonchev–Trinajstić information content (AvgIpc) is 3.00. The summed E-state index contributed by atoms with van der Waals surface area (Å²) in [6.07, 6.45) is 5.12. The fourth-order valence-electron chi connectivity index (χ4n) is 3.77. The number of carbonyl (C=O) groups excluding carboxylic acids is 1. The van der Waals surface area contributed by atoms with E-state index in [0.29, 0.717) is 12.0 Å². The highest BCUT2D eigenvalue weighted by atomic mass is 16.5. The quantitative estimate of drug-likeness (QED) is 0.916. The summed E-state index contributed by atoms with van der Waals surface area (Å²) < 4.78 is 5.63. The first-order chi connectivity index (χ1) is 9.61. The van der Waals surface area contributed by atoms with E-state index >= 15 is 0 Å². The number of fused-ring (bicyclic) bond motifs is 2. The molecule has 0 radical (unpaired) electrons. The van der Waals surface area contributed by atoms with Crippen molar-refractivity contribution in [2.75, 3.05) is 6.61 Å². The fraction of sp³-hybridized carbons (Fsp3) is 0.588. The third-order valence-corrected chi connectivity index (χ3v) is 4.77. The van der Waals surface area contributed by atoms with Crippen molar-refractivity contribution in [2.45, 2.75) is 45.6 Å². The first-order valence-electron chi connectivity index (χ1n) is 7.61. The number of carbonyl (C=O) groups is 1. The highest BCUT2D eigenvalue weighted by molar-refractivity contribution is 5.78. The van der Waals surface area contributed by atoms with E-state index in [2.05, 4.69) is 18.3 Å². The number of hydrogen-bond donors (Lipinski definition) is 1. The van der Waals surface area contributed by atoms with Crippen molar-refractivity contribution >= 4 is 5.91 Å². The van der Waals surface area contributed by atoms with Crippen LogP contribution in [0.25, 0.3) is 0 Å². The predicted molar refractivity (Wildman–Crippen MR) is 78.8 cm³/mol. The minimum atomic E-state index is 0.0162. The van der Waals surface area contributed by atoms with Crippen LogP contribution in [0.15, 0.2) is 18.2 Å². The summed E-state index contributed by atoms with van der Waals surface area (Å²) in [6, 6.07) is 6.42. The van der Waals surface area contributed by atoms with Crippen LogP contribution in [0.2, 0.25) is 0 Å². The fourth-order valence-corrected chi connectivity index (χ4v) is 3.77. The van der Waals surface area contributed by atoms with Crippen molar-refractivity contribution < 1.29 is 9.53 Å². The molecule has 0 aromatic heterocycles. The zero-order chi connectivity index (χ0) is 14.1. The van der Waals surface area contributed by atoms with Gasteiger partial charge in [0, 0.05) is 6.04 Å². The molecule has 2 aliphatic rings. The van der Waals surface area contributed by atoms with Crippen LogP contribution >= 0.6 is 0 Å². The molecule has 2 bridgehead atoms. The highest BCUT2D eigenvalue weighted by Crippen LogP contribution is 2.44. The number of aryl methyl sites for hydroxylation is 2. The van der Waals surface area contributed by atoms with Crippen LogP contribution in [-0.4, -0.2) is 18.6 Å². The Kier molecular flexibility index (Phi) is 3.68. The molecule has 2 fully saturated rings. The second-order valence-electron chi connectivity index (χ2n) is 6.41. The summed E-state index contributed by atoms with van der Waals surface area (Å²) in [6.45, 7) is 4.19. The van der Waals surface area contributed by atoms with Gasteiger partial charge in [-0.1, -0.05) is 24.1 Å². The number of nitrogens with one attached hydrogen (secondary N) is 1. The van der Waals surface area contributed by atoms with Crippen LogP contribution in [0.3, 0.4) is 0 Å². The van der Waals surface area contributed by atoms with E-state index in [1.165, 1.54) is 31.2 Å². The maximum atomic E-state index is 12.0. The van der Waals surface area contributed by atoms with Gasteiger partial charge in [0.05, 0.1) is 0 Å². The maximum absolute atomic E-state index is 12.0. The molecule has 0 spiro atoms. The molecule has 1 aromatic rings. The Morgan fingerprint density at radius 1 is 1.30 bits per heavy atom. The average molecular weight is 273 g/mol. The lowest BCUT2D eigenvalue weighted by Crippen LogP contribution is -2.40. The SMILES string of the molecule is Cc1ccc(OCC(=O)N[C@@H]2C[C@H]3CC[C@H]2C3)c(C)c1. The van der Waals surface area contributed by atoms with Crippen molar-refractivity contribution in [3.8, 4) is 5.75 Å². The minimum Gasteiger partial charge on any atom is -0.484 e. The predicted octanol–water partition coefficient (Wildman–Crippen LogP) is 2.99. The van der Waals surface area contributed by atoms with E-state index in [1.54, 1.807) is 0 Å². The molecular weight excluding hydrogens is 250 g/mol. The van der Waals surface area contributed by atoms with Crippen LogP contribution in [-0.2, 0) is 4.79 Å². The number of amides is 1. The van der Waals surface area contributed by atoms with Gasteiger partial charge in [-0.25, -0.2) is 0 Å². The minimum absolute atomic E-state index is 0.0162. The summed E-state index contributed by atoms with van der Waals surface area (Å²) in [5.41, 5.74) is 2.29. The third kappa shape index (κ3) is 2.82. The lowest BCUT2D eigenvalue weighted by molar-refractivity contribution is -0.124. The van der Waals surface area contributed by atoms with Gasteiger partial charge in [0.15, 0.2) is 6.61 Å². The molecule has 3 atom stereocenters. The van der Waals surface area contributed by atoms with Gasteiger partial charge in [0.1, 0.15) is 5.75 Å². The van der Waals surface area contributed by atoms with E-state index in [4.69, 9.17) is 4.74 Å². The summed E-state index contributed by atoms with van der Waals surface area (Å²) >= 11 is 0. The highest BCUT2D eigenvalue weighted by Gasteiger charge is 2.40. The van der Waals surface area contributed by atoms with Gasteiger partial charge in [-0.3, -0.25) is 4.79 Å². The molecule has 0 heterocycles. The van der Waals surface area contributed by atoms with Crippen LogP contribution in [0.4, 0.5) is 0 Å². The Bertz CT molecular complexity index is 512. The van der Waals surface area contributed by atoms with E-state index in [9.17, 15) is 4.79 Å². The molecule has 20 heavy (non-hydrogen) atoms. The molecule has 1 amide bonds. The Hall–Kier alpha value is -1.51. The van der Waals surface area contributed by atoms with Crippen molar-refractivity contribution in [1.82, 2.24) is 5.32 Å². The van der Waals surface area contributed by atoms with Crippen molar-refractivity contribution in [3.63, 3.8) is 0 Å². The van der Waals surface area contributed by atoms with Crippen molar-refractivity contribution in [3.05, 3.63) is 29.3 Å². The molecule has 0 saturated heterocycles. The van der Waals surface area contributed by atoms with Crippen LogP contribution in [0, 0.1) is 25.7 Å². The molecule has 3 rings (SSSR count). The van der Waals surface area contributed by atoms with E-state index in [-0.39, 0.29) is 12.5 Å². The number of benzene rings is 1. The zero-order valence-electron chi connectivity index (χ0n) is 12.3. The standard InChI is InChI=1S/C17H23NO2/c1-11-3-6-16(12(2)7-11)20-10-17(19)18-15-9-13-4-5-14(15)8-13/h3,6-7,13-15H,4-5,8-10H2,1-2H3,(H,18,19)/t13-,14-,15+/m0/s1. The van der Waals surface area contributed by atoms with E-state index in [0.717, 1.165) is 17.2 Å². The Balaban J connectivity index is 1.49. The molecule has 1 aromatic carbocycles. The molecule has 1 N–H and O–H groups in total. The van der Waals surface area contributed by atoms with Crippen molar-refractivity contribution in [1.29, 1.82) is 0 Å². The normalized spacial score (nSPS) is 27.6. The maximum Gasteiger partial charge on any atom is 0.258 e. The number of ether oxygens (including phenoxy) is 1. The second kappa shape index (κ2) is 5.47. The Morgan fingerprint density at radius 3 is 2.80 bits per heavy atom. The summed E-state index contributed by atoms with van der Waals surface area (Å²) in [5.74, 6) is 2.39. The van der Waals surface area contributed by atoms with Gasteiger partial charge in [-0.15, -0.1) is 0 Å². The molecule has 0 aliphatic heterocycles. The largest absolute Gasteiger partial charge is 0.484 e. The van der Waals surface area contributed by atoms with Gasteiger partial charge in [-0.2, -0.15) is 0 Å². The van der Waals surface area contributed by atoms with Crippen LogP contribution < -0.4 is 10.1 Å². The molecule has 3 nitrogen and oxygen atoms in total. The number of hydrogen-bond acceptors (Lipinski definition) is 2. The van der Waals surface area contributed by atoms with Gasteiger partial charge in [-0.05, 0) is 56.6 Å². The lowest BCUT2D eigenvalue weighted by Gasteiger charge is -2.23. The lowest BCUT2D eigenvalue weighted by atomic mass is 9.95. The van der Waals surface area contributed by atoms with Crippen LogP contribution in [0.1, 0.15) is 36.8 Å². The Morgan fingerprint density at radius 2 is 2.15 bits per heavy atom. The molecular formula is C17H23NO2. The molecule has 2 aliphatic carbocycles. The second-order valence-corrected chi connectivity index (χ2v) is 6.41. The topological polar surface area (TPSA) is 38.3 Å². The molecule has 2 saturated carbocycles. The van der Waals surface area contributed by atoms with Crippen molar-refractivity contribution in [2.24, 2.45) is 11.8 Å². The smallest absolute Gasteiger partial charge is 0.258 e. The van der Waals surface area contributed by atoms with E-state index < -0.39 is 0 Å². The Labute approximate surface area is 120 Å². The van der Waals surface area contributed by atoms with Gasteiger partial charge >= 0.3 is 0 Å². The summed E-state index contributed by atoms with van der Waals surface area (Å²) in [7, 11) is 0. The summed E-state index contributed by atoms with van der Waals surface area (Å²) in [4.78, 5) is 12.0. The van der Waals surface area contributed by atoms with Crippen LogP contribution in [0.5, 0.6) is 5.75 Å². The monoisotopic (exact) mass is 273 g/mol. The molecule has 0 unspecified atom stereocenters. The van der Waals surface area contributed by atoms with Gasteiger partial charge in [0.25, 0.3) is 5.91 Å². The molecule has 108 valence electrons. The van der Waals surface area contributed by atoms with Gasteiger partial charge in [0.2, 0.25) is 0 Å². The van der Waals surface area contributed by atoms with Gasteiger partial charge < -0.3 is 10.1 Å². The van der Waals surface area contributed by atoms with E-state index in [1.807, 2.05) is 19.1 Å². The third-order valence-electron chi connectivity index (χ3n) is 4.77. The summed E-state index contributed by atoms with van der Waals surface area (Å²) in [5, 5.41) is 3.15. The molecule has 3 heteroatoms. The number of rotatable bonds is 4. The first kappa shape index (κ1) is 13.5.